The summed E-state index contributed by atoms with van der Waals surface area (Å²) < 4.78 is 0. The second-order valence-electron chi connectivity index (χ2n) is 4.29. The highest BCUT2D eigenvalue weighted by molar-refractivity contribution is 6.35. The summed E-state index contributed by atoms with van der Waals surface area (Å²) in [6.45, 7) is 1.07. The third-order valence-electron chi connectivity index (χ3n) is 2.85. The van der Waals surface area contributed by atoms with E-state index in [1.165, 1.54) is 0 Å². The van der Waals surface area contributed by atoms with E-state index in [2.05, 4.69) is 5.32 Å². The molecule has 0 aliphatic heterocycles. The first kappa shape index (κ1) is 17.3. The lowest BCUT2D eigenvalue weighted by Gasteiger charge is -2.12. The van der Waals surface area contributed by atoms with Crippen molar-refractivity contribution in [2.24, 2.45) is 0 Å². The summed E-state index contributed by atoms with van der Waals surface area (Å²) in [5.74, 6) is 0. The first-order valence-electron chi connectivity index (χ1n) is 6.04. The van der Waals surface area contributed by atoms with Crippen molar-refractivity contribution in [1.29, 1.82) is 0 Å². The van der Waals surface area contributed by atoms with Crippen molar-refractivity contribution in [1.82, 2.24) is 5.32 Å². The molecular weight excluding hydrogens is 317 g/mol. The van der Waals surface area contributed by atoms with Crippen LogP contribution in [0.1, 0.15) is 17.2 Å². The molecule has 108 valence electrons. The normalized spacial score (nSPS) is 11.8. The zero-order valence-electron chi connectivity index (χ0n) is 10.7. The summed E-state index contributed by atoms with van der Waals surface area (Å²) in [6, 6.07) is 15.0. The van der Waals surface area contributed by atoms with Crippen molar-refractivity contribution in [2.45, 2.75) is 12.6 Å². The highest BCUT2D eigenvalue weighted by Gasteiger charge is 2.07. The van der Waals surface area contributed by atoms with Crippen LogP contribution in [-0.4, -0.2) is 11.7 Å². The van der Waals surface area contributed by atoms with Crippen LogP contribution in [0.4, 0.5) is 0 Å². The minimum Gasteiger partial charge on any atom is -0.387 e. The first-order chi connectivity index (χ1) is 9.16. The van der Waals surface area contributed by atoms with Gasteiger partial charge in [0.15, 0.2) is 0 Å². The SMILES string of the molecule is Cl.OC(CNCc1ccc(Cl)cc1Cl)c1ccccc1. The Kier molecular flexibility index (Phi) is 7.35. The van der Waals surface area contributed by atoms with Crippen LogP contribution in [0.2, 0.25) is 10.0 Å². The average molecular weight is 333 g/mol. The van der Waals surface area contributed by atoms with Gasteiger partial charge < -0.3 is 10.4 Å². The van der Waals surface area contributed by atoms with Crippen molar-refractivity contribution in [3.63, 3.8) is 0 Å². The molecule has 1 atom stereocenters. The van der Waals surface area contributed by atoms with Gasteiger partial charge in [0.25, 0.3) is 0 Å². The number of hydrogen-bond acceptors (Lipinski definition) is 2. The van der Waals surface area contributed by atoms with E-state index >= 15 is 0 Å². The van der Waals surface area contributed by atoms with Gasteiger partial charge in [-0.15, -0.1) is 12.4 Å². The number of aliphatic hydroxyl groups is 1. The van der Waals surface area contributed by atoms with Crippen LogP contribution in [0.15, 0.2) is 48.5 Å². The molecule has 2 nitrogen and oxygen atoms in total. The molecule has 2 N–H and O–H groups in total. The maximum Gasteiger partial charge on any atom is 0.0914 e. The molecule has 0 spiro atoms. The van der Waals surface area contributed by atoms with Crippen molar-refractivity contribution < 1.29 is 5.11 Å². The minimum absolute atomic E-state index is 0. The summed E-state index contributed by atoms with van der Waals surface area (Å²) in [4.78, 5) is 0. The molecule has 2 aromatic carbocycles. The van der Waals surface area contributed by atoms with Crippen molar-refractivity contribution in [3.8, 4) is 0 Å². The van der Waals surface area contributed by atoms with Gasteiger partial charge in [-0.05, 0) is 23.3 Å². The fraction of sp³-hybridized carbons (Fsp3) is 0.200. The summed E-state index contributed by atoms with van der Waals surface area (Å²) in [5.41, 5.74) is 1.86. The smallest absolute Gasteiger partial charge is 0.0914 e. The maximum absolute atomic E-state index is 10.00. The van der Waals surface area contributed by atoms with E-state index in [9.17, 15) is 5.11 Å². The molecule has 2 rings (SSSR count). The lowest BCUT2D eigenvalue weighted by Crippen LogP contribution is -2.21. The van der Waals surface area contributed by atoms with Gasteiger partial charge in [0.2, 0.25) is 0 Å². The molecule has 2 aromatic rings. The van der Waals surface area contributed by atoms with E-state index in [1.807, 2.05) is 36.4 Å². The van der Waals surface area contributed by atoms with Gasteiger partial charge >= 0.3 is 0 Å². The predicted molar refractivity (Wildman–Crippen MR) is 86.8 cm³/mol. The third-order valence-corrected chi connectivity index (χ3v) is 3.44. The number of halogens is 3. The second kappa shape index (κ2) is 8.50. The van der Waals surface area contributed by atoms with Gasteiger partial charge in [0, 0.05) is 23.1 Å². The molecule has 20 heavy (non-hydrogen) atoms. The molecule has 0 fully saturated rings. The molecule has 1 unspecified atom stereocenters. The van der Waals surface area contributed by atoms with Crippen LogP contribution < -0.4 is 5.32 Å². The highest BCUT2D eigenvalue weighted by Crippen LogP contribution is 2.21. The fourth-order valence-electron chi connectivity index (χ4n) is 1.80. The average Bonchev–Trinajstić information content (AvgIpc) is 2.42. The summed E-state index contributed by atoms with van der Waals surface area (Å²) in [6.07, 6.45) is -0.521. The van der Waals surface area contributed by atoms with Gasteiger partial charge in [-0.1, -0.05) is 59.6 Å². The second-order valence-corrected chi connectivity index (χ2v) is 5.14. The largest absolute Gasteiger partial charge is 0.387 e. The number of benzene rings is 2. The monoisotopic (exact) mass is 331 g/mol. The summed E-state index contributed by atoms with van der Waals surface area (Å²) >= 11 is 11.9. The van der Waals surface area contributed by atoms with Gasteiger partial charge in [0.05, 0.1) is 6.10 Å². The first-order valence-corrected chi connectivity index (χ1v) is 6.80. The molecule has 0 heterocycles. The van der Waals surface area contributed by atoms with Crippen LogP contribution in [0.5, 0.6) is 0 Å². The number of rotatable bonds is 5. The standard InChI is InChI=1S/C15H15Cl2NO.ClH/c16-13-7-6-12(14(17)8-13)9-18-10-15(19)11-4-2-1-3-5-11;/h1-8,15,18-19H,9-10H2;1H. The molecule has 0 amide bonds. The number of aliphatic hydroxyl groups excluding tert-OH is 1. The minimum atomic E-state index is -0.521. The third kappa shape index (κ3) is 4.97. The predicted octanol–water partition coefficient (Wildman–Crippen LogP) is 4.24. The Morgan fingerprint density at radius 2 is 1.75 bits per heavy atom. The quantitative estimate of drug-likeness (QED) is 0.858. The van der Waals surface area contributed by atoms with Crippen molar-refractivity contribution in [2.75, 3.05) is 6.54 Å². The Morgan fingerprint density at radius 3 is 2.40 bits per heavy atom. The zero-order chi connectivity index (χ0) is 13.7. The van der Waals surface area contributed by atoms with Crippen molar-refractivity contribution in [3.05, 3.63) is 69.7 Å². The van der Waals surface area contributed by atoms with E-state index in [1.54, 1.807) is 12.1 Å². The summed E-state index contributed by atoms with van der Waals surface area (Å²) in [5, 5.41) is 14.4. The molecule has 0 radical (unpaired) electrons. The lowest BCUT2D eigenvalue weighted by molar-refractivity contribution is 0.174. The Balaban J connectivity index is 0.00000200. The summed E-state index contributed by atoms with van der Waals surface area (Å²) in [7, 11) is 0. The van der Waals surface area contributed by atoms with E-state index in [0.717, 1.165) is 11.1 Å². The lowest BCUT2D eigenvalue weighted by atomic mass is 10.1. The van der Waals surface area contributed by atoms with E-state index in [4.69, 9.17) is 23.2 Å². The van der Waals surface area contributed by atoms with Crippen LogP contribution in [0.25, 0.3) is 0 Å². The Hall–Kier alpha value is -0.770. The Morgan fingerprint density at radius 1 is 1.05 bits per heavy atom. The number of hydrogen-bond donors (Lipinski definition) is 2. The molecule has 0 aliphatic rings. The molecule has 0 saturated heterocycles. The Labute approximate surface area is 135 Å². The van der Waals surface area contributed by atoms with Crippen molar-refractivity contribution >= 4 is 35.6 Å². The molecule has 0 aliphatic carbocycles. The fourth-order valence-corrected chi connectivity index (χ4v) is 2.28. The van der Waals surface area contributed by atoms with Gasteiger partial charge in [-0.3, -0.25) is 0 Å². The van der Waals surface area contributed by atoms with E-state index < -0.39 is 6.10 Å². The Bertz CT molecular complexity index is 534. The van der Waals surface area contributed by atoms with Crippen LogP contribution in [0.3, 0.4) is 0 Å². The van der Waals surface area contributed by atoms with Crippen LogP contribution >= 0.6 is 35.6 Å². The maximum atomic E-state index is 10.00. The van der Waals surface area contributed by atoms with Crippen LogP contribution in [-0.2, 0) is 6.54 Å². The van der Waals surface area contributed by atoms with E-state index in [-0.39, 0.29) is 12.4 Å². The topological polar surface area (TPSA) is 32.3 Å². The van der Waals surface area contributed by atoms with Gasteiger partial charge in [-0.25, -0.2) is 0 Å². The molecule has 0 saturated carbocycles. The van der Waals surface area contributed by atoms with Gasteiger partial charge in [0.1, 0.15) is 0 Å². The molecule has 0 aromatic heterocycles. The molecule has 5 heteroatoms. The number of nitrogens with one attached hydrogen (secondary N) is 1. The molecular formula is C15H16Cl3NO. The zero-order valence-corrected chi connectivity index (χ0v) is 13.1. The molecule has 0 bridgehead atoms. The van der Waals surface area contributed by atoms with E-state index in [0.29, 0.717) is 23.1 Å². The van der Waals surface area contributed by atoms with Crippen LogP contribution in [0, 0.1) is 0 Å². The van der Waals surface area contributed by atoms with Gasteiger partial charge in [-0.2, -0.15) is 0 Å². The highest BCUT2D eigenvalue weighted by atomic mass is 35.5.